The monoisotopic (exact) mass is 398 g/mol. The minimum atomic E-state index is 0. The van der Waals surface area contributed by atoms with Crippen molar-refractivity contribution in [2.45, 2.75) is 26.7 Å². The number of pyridine rings is 1. The number of H-pyrrole nitrogens is 1. The fourth-order valence-electron chi connectivity index (χ4n) is 3.24. The molecule has 2 heterocycles. The Bertz CT molecular complexity index is 1110. The second kappa shape index (κ2) is 8.82. The summed E-state index contributed by atoms with van der Waals surface area (Å²) in [5.41, 5.74) is 6.46. The molecule has 28 heavy (non-hydrogen) atoms. The average molecular weight is 399 g/mol. The first-order chi connectivity index (χ1) is 12.7. The first kappa shape index (κ1) is 21.3. The molecule has 0 saturated heterocycles. The first-order valence-corrected chi connectivity index (χ1v) is 8.79. The zero-order valence-corrected chi connectivity index (χ0v) is 16.6. The number of hydrogen-bond acceptors (Lipinski definition) is 4. The summed E-state index contributed by atoms with van der Waals surface area (Å²) in [6, 6.07) is 13.7. The summed E-state index contributed by atoms with van der Waals surface area (Å²) in [6.07, 6.45) is 3.03. The Labute approximate surface area is 169 Å². The Kier molecular flexibility index (Phi) is 6.72. The van der Waals surface area contributed by atoms with Crippen molar-refractivity contribution >= 4 is 51.5 Å². The fourth-order valence-corrected chi connectivity index (χ4v) is 3.24. The van der Waals surface area contributed by atoms with E-state index in [2.05, 4.69) is 26.3 Å². The van der Waals surface area contributed by atoms with Gasteiger partial charge in [0.1, 0.15) is 11.8 Å². The molecule has 0 fully saturated rings. The van der Waals surface area contributed by atoms with E-state index in [-0.39, 0.29) is 23.7 Å². The van der Waals surface area contributed by atoms with Gasteiger partial charge in [-0.3, -0.25) is 4.79 Å². The van der Waals surface area contributed by atoms with E-state index < -0.39 is 0 Å². The number of anilines is 2. The lowest BCUT2D eigenvalue weighted by Crippen LogP contribution is -1.99. The number of Topliss-reactive ketones (excluding diaryl/α,β-unsaturated/α-hetero) is 1. The van der Waals surface area contributed by atoms with Crippen LogP contribution < -0.4 is 5.32 Å². The Morgan fingerprint density at radius 3 is 2.57 bits per heavy atom. The van der Waals surface area contributed by atoms with Gasteiger partial charge in [0.05, 0.1) is 11.2 Å². The molecule has 0 bridgehead atoms. The third-order valence-corrected chi connectivity index (χ3v) is 4.47. The normalized spacial score (nSPS) is 10.4. The van der Waals surface area contributed by atoms with Gasteiger partial charge in [-0.25, -0.2) is 9.97 Å². The second-order valence-electron chi connectivity index (χ2n) is 6.47. The van der Waals surface area contributed by atoms with E-state index in [1.165, 1.54) is 0 Å². The van der Waals surface area contributed by atoms with E-state index in [9.17, 15) is 4.79 Å². The molecule has 4 rings (SSSR count). The Balaban J connectivity index is 0.00000140. The van der Waals surface area contributed by atoms with Crippen molar-refractivity contribution in [1.29, 1.82) is 0 Å². The van der Waals surface area contributed by atoms with Gasteiger partial charge >= 0.3 is 0 Å². The molecule has 4 N–H and O–H groups in total. The number of aryl methyl sites for hydroxylation is 1. The van der Waals surface area contributed by atoms with E-state index in [0.717, 1.165) is 51.0 Å². The van der Waals surface area contributed by atoms with Gasteiger partial charge in [0.2, 0.25) is 0 Å². The summed E-state index contributed by atoms with van der Waals surface area (Å²) in [6.45, 7) is 4.04. The fraction of sp³-hybridized carbons (Fsp3) is 0.190. The molecule has 0 aliphatic heterocycles. The van der Waals surface area contributed by atoms with Crippen LogP contribution in [0.5, 0.6) is 0 Å². The maximum Gasteiger partial charge on any atom is 0.162 e. The molecule has 146 valence electrons. The topological polar surface area (TPSA) is 102 Å². The predicted octanol–water partition coefficient (Wildman–Crippen LogP) is 4.74. The van der Waals surface area contributed by atoms with Crippen LogP contribution in [0.15, 0.2) is 48.8 Å². The predicted molar refractivity (Wildman–Crippen MR) is 116 cm³/mol. The van der Waals surface area contributed by atoms with Crippen LogP contribution >= 0.6 is 12.4 Å². The molecule has 4 aromatic rings. The van der Waals surface area contributed by atoms with Gasteiger partial charge in [0, 0.05) is 34.3 Å². The molecular formula is C21H23ClN4O2. The van der Waals surface area contributed by atoms with Gasteiger partial charge in [-0.1, -0.05) is 6.92 Å². The van der Waals surface area contributed by atoms with Crippen molar-refractivity contribution < 1.29 is 10.3 Å². The van der Waals surface area contributed by atoms with Crippen molar-refractivity contribution in [3.63, 3.8) is 0 Å². The highest BCUT2D eigenvalue weighted by Gasteiger charge is 2.11. The van der Waals surface area contributed by atoms with Gasteiger partial charge in [-0.15, -0.1) is 12.4 Å². The number of hydrogen-bond donors (Lipinski definition) is 2. The Morgan fingerprint density at radius 1 is 1.11 bits per heavy atom. The number of carbonyl (C=O) groups excluding carboxylic acids is 1. The van der Waals surface area contributed by atoms with Crippen LogP contribution in [0.3, 0.4) is 0 Å². The summed E-state index contributed by atoms with van der Waals surface area (Å²) in [5.74, 6) is 0.184. The Morgan fingerprint density at radius 2 is 1.86 bits per heavy atom. The number of halogens is 1. The zero-order valence-electron chi connectivity index (χ0n) is 15.7. The molecular weight excluding hydrogens is 376 g/mol. The lowest BCUT2D eigenvalue weighted by Gasteiger charge is -2.12. The summed E-state index contributed by atoms with van der Waals surface area (Å²) in [5, 5.41) is 4.48. The quantitative estimate of drug-likeness (QED) is 0.474. The number of fused-ring (bicyclic) bond motifs is 3. The number of aromatic amines is 1. The van der Waals surface area contributed by atoms with E-state index in [4.69, 9.17) is 0 Å². The van der Waals surface area contributed by atoms with Gasteiger partial charge in [-0.2, -0.15) is 0 Å². The van der Waals surface area contributed by atoms with Crippen LogP contribution in [-0.4, -0.2) is 26.2 Å². The number of benzene rings is 2. The van der Waals surface area contributed by atoms with Crippen LogP contribution in [-0.2, 0) is 0 Å². The number of aromatic nitrogens is 3. The average Bonchev–Trinajstić information content (AvgIpc) is 3.11. The molecule has 2 aromatic heterocycles. The van der Waals surface area contributed by atoms with Crippen molar-refractivity contribution in [2.75, 3.05) is 5.32 Å². The summed E-state index contributed by atoms with van der Waals surface area (Å²) >= 11 is 0. The number of nitrogens with zero attached hydrogens (tertiary/aromatic N) is 2. The van der Waals surface area contributed by atoms with E-state index in [1.54, 1.807) is 6.33 Å². The summed E-state index contributed by atoms with van der Waals surface area (Å²) < 4.78 is 0. The van der Waals surface area contributed by atoms with E-state index >= 15 is 0 Å². The Hall–Kier alpha value is -2.96. The lowest BCUT2D eigenvalue weighted by molar-refractivity contribution is 0.0982. The second-order valence-corrected chi connectivity index (χ2v) is 6.47. The molecule has 6 nitrogen and oxygen atoms in total. The molecule has 0 aliphatic rings. The number of nitrogens with one attached hydrogen (secondary N) is 2. The molecule has 0 amide bonds. The van der Waals surface area contributed by atoms with Crippen molar-refractivity contribution in [3.8, 4) is 0 Å². The number of imidazole rings is 1. The maximum absolute atomic E-state index is 12.0. The largest absolute Gasteiger partial charge is 0.412 e. The van der Waals surface area contributed by atoms with Crippen LogP contribution in [0.25, 0.3) is 21.9 Å². The van der Waals surface area contributed by atoms with Crippen LogP contribution in [0, 0.1) is 6.92 Å². The zero-order chi connectivity index (χ0) is 18.1. The maximum atomic E-state index is 12.0. The molecule has 2 aromatic carbocycles. The SMILES string of the molecule is CCCC(=O)c1ccc(Nc2cc(C)[nH]c3ccc4ncnc4c23)cc1.Cl.O. The molecule has 0 saturated carbocycles. The van der Waals surface area contributed by atoms with Crippen LogP contribution in [0.1, 0.15) is 35.8 Å². The molecule has 0 aliphatic carbocycles. The highest BCUT2D eigenvalue weighted by atomic mass is 35.5. The number of carbonyl (C=O) groups is 1. The van der Waals surface area contributed by atoms with Crippen molar-refractivity contribution in [1.82, 2.24) is 15.0 Å². The minimum absolute atomic E-state index is 0. The third-order valence-electron chi connectivity index (χ3n) is 4.47. The van der Waals surface area contributed by atoms with Gasteiger partial charge in [0.25, 0.3) is 0 Å². The highest BCUT2D eigenvalue weighted by Crippen LogP contribution is 2.31. The summed E-state index contributed by atoms with van der Waals surface area (Å²) in [4.78, 5) is 24.1. The van der Waals surface area contributed by atoms with Crippen LogP contribution in [0.4, 0.5) is 11.4 Å². The smallest absolute Gasteiger partial charge is 0.162 e. The molecule has 0 atom stereocenters. The molecule has 0 spiro atoms. The standard InChI is InChI=1S/C21H20N4O.ClH.H2O/c1-3-4-19(26)14-5-7-15(8-6-14)25-18-11-13(2)24-16-9-10-17-21(20(16)18)23-12-22-17;;/h5-12,24-25H,3-4H2,1-2H3;1H;1H2. The van der Waals surface area contributed by atoms with Gasteiger partial charge < -0.3 is 15.8 Å². The third kappa shape index (κ3) is 3.98. The van der Waals surface area contributed by atoms with Crippen LogP contribution in [0.2, 0.25) is 0 Å². The van der Waals surface area contributed by atoms with Gasteiger partial charge in [0.15, 0.2) is 5.78 Å². The number of ketones is 1. The highest BCUT2D eigenvalue weighted by molar-refractivity contribution is 6.10. The number of rotatable bonds is 5. The van der Waals surface area contributed by atoms with Gasteiger partial charge in [-0.05, 0) is 55.8 Å². The molecule has 0 radical (unpaired) electrons. The van der Waals surface area contributed by atoms with Crippen molar-refractivity contribution in [2.24, 2.45) is 0 Å². The summed E-state index contributed by atoms with van der Waals surface area (Å²) in [7, 11) is 0. The first-order valence-electron chi connectivity index (χ1n) is 8.79. The lowest BCUT2D eigenvalue weighted by atomic mass is 10.1. The molecule has 0 unspecified atom stereocenters. The van der Waals surface area contributed by atoms with E-state index in [1.807, 2.05) is 50.2 Å². The molecule has 7 heteroatoms. The van der Waals surface area contributed by atoms with Crippen molar-refractivity contribution in [3.05, 3.63) is 60.0 Å². The minimum Gasteiger partial charge on any atom is -0.412 e. The van der Waals surface area contributed by atoms with E-state index in [0.29, 0.717) is 6.42 Å².